The molecule has 0 aromatic heterocycles. The van der Waals surface area contributed by atoms with Gasteiger partial charge in [-0.3, -0.25) is 0 Å². The van der Waals surface area contributed by atoms with E-state index >= 15 is 0 Å². The maximum atomic E-state index is 13.6. The molecular weight excluding hydrogens is 329 g/mol. The summed E-state index contributed by atoms with van der Waals surface area (Å²) >= 11 is 3.38. The van der Waals surface area contributed by atoms with Crippen molar-refractivity contribution >= 4 is 15.9 Å². The molecule has 106 valence electrons. The van der Waals surface area contributed by atoms with E-state index in [1.165, 1.54) is 30.3 Å². The average Bonchev–Trinajstić information content (AvgIpc) is 2.44. The SMILES string of the molecule is Fc1ccc(CC(CBr)Cc2c(F)cccc2F)cc1. The third kappa shape index (κ3) is 3.85. The van der Waals surface area contributed by atoms with Gasteiger partial charge in [0.15, 0.2) is 0 Å². The number of halogens is 4. The summed E-state index contributed by atoms with van der Waals surface area (Å²) in [6.07, 6.45) is 0.945. The molecule has 0 aliphatic carbocycles. The van der Waals surface area contributed by atoms with Crippen LogP contribution in [-0.4, -0.2) is 5.33 Å². The van der Waals surface area contributed by atoms with Gasteiger partial charge in [0.1, 0.15) is 17.5 Å². The fourth-order valence-electron chi connectivity index (χ4n) is 2.15. The highest BCUT2D eigenvalue weighted by Gasteiger charge is 2.15. The van der Waals surface area contributed by atoms with Crippen molar-refractivity contribution in [1.82, 2.24) is 0 Å². The highest BCUT2D eigenvalue weighted by atomic mass is 79.9. The van der Waals surface area contributed by atoms with Crippen LogP contribution < -0.4 is 0 Å². The summed E-state index contributed by atoms with van der Waals surface area (Å²) in [7, 11) is 0. The summed E-state index contributed by atoms with van der Waals surface area (Å²) in [4.78, 5) is 0. The number of hydrogen-bond donors (Lipinski definition) is 0. The normalized spacial score (nSPS) is 12.4. The number of hydrogen-bond acceptors (Lipinski definition) is 0. The molecule has 0 spiro atoms. The Hall–Kier alpha value is -1.29. The second-order valence-electron chi connectivity index (χ2n) is 4.76. The molecule has 0 amide bonds. The standard InChI is InChI=1S/C16H14BrF3/c17-10-12(8-11-4-6-13(18)7-5-11)9-14-15(19)2-1-3-16(14)20/h1-7,12H,8-10H2. The maximum absolute atomic E-state index is 13.6. The second kappa shape index (κ2) is 6.93. The summed E-state index contributed by atoms with van der Waals surface area (Å²) in [5.41, 5.74) is 1.06. The smallest absolute Gasteiger partial charge is 0.129 e. The first kappa shape index (κ1) is 15.1. The molecular formula is C16H14BrF3. The molecule has 1 atom stereocenters. The van der Waals surface area contributed by atoms with Crippen molar-refractivity contribution in [2.75, 3.05) is 5.33 Å². The van der Waals surface area contributed by atoms with Crippen LogP contribution in [0.5, 0.6) is 0 Å². The van der Waals surface area contributed by atoms with E-state index in [9.17, 15) is 13.2 Å². The number of rotatable bonds is 5. The summed E-state index contributed by atoms with van der Waals surface area (Å²) in [5.74, 6) is -1.28. The van der Waals surface area contributed by atoms with Crippen molar-refractivity contribution in [1.29, 1.82) is 0 Å². The highest BCUT2D eigenvalue weighted by molar-refractivity contribution is 9.09. The Labute approximate surface area is 124 Å². The van der Waals surface area contributed by atoms with E-state index in [1.54, 1.807) is 12.1 Å². The quantitative estimate of drug-likeness (QED) is 0.678. The van der Waals surface area contributed by atoms with Gasteiger partial charge in [-0.05, 0) is 48.6 Å². The number of benzene rings is 2. The topological polar surface area (TPSA) is 0 Å². The van der Waals surface area contributed by atoms with Crippen LogP contribution in [0.15, 0.2) is 42.5 Å². The Kier molecular flexibility index (Phi) is 5.24. The molecule has 0 aliphatic rings. The van der Waals surface area contributed by atoms with Crippen molar-refractivity contribution in [3.63, 3.8) is 0 Å². The van der Waals surface area contributed by atoms with Gasteiger partial charge in [-0.15, -0.1) is 0 Å². The largest absolute Gasteiger partial charge is 0.207 e. The molecule has 0 aliphatic heterocycles. The lowest BCUT2D eigenvalue weighted by Gasteiger charge is -2.15. The fourth-order valence-corrected chi connectivity index (χ4v) is 2.61. The lowest BCUT2D eigenvalue weighted by atomic mass is 9.93. The van der Waals surface area contributed by atoms with E-state index in [0.717, 1.165) is 5.56 Å². The van der Waals surface area contributed by atoms with Crippen LogP contribution in [0.2, 0.25) is 0 Å². The van der Waals surface area contributed by atoms with Gasteiger partial charge in [-0.2, -0.15) is 0 Å². The van der Waals surface area contributed by atoms with Gasteiger partial charge in [0.05, 0.1) is 0 Å². The third-order valence-corrected chi connectivity index (χ3v) is 4.13. The van der Waals surface area contributed by atoms with Crippen LogP contribution in [-0.2, 0) is 12.8 Å². The van der Waals surface area contributed by atoms with Gasteiger partial charge in [0.25, 0.3) is 0 Å². The molecule has 4 heteroatoms. The van der Waals surface area contributed by atoms with E-state index in [1.807, 2.05) is 0 Å². The lowest BCUT2D eigenvalue weighted by Crippen LogP contribution is -2.12. The molecule has 0 radical (unpaired) electrons. The first-order valence-electron chi connectivity index (χ1n) is 6.33. The van der Waals surface area contributed by atoms with Crippen molar-refractivity contribution < 1.29 is 13.2 Å². The van der Waals surface area contributed by atoms with Crippen LogP contribution in [0.3, 0.4) is 0 Å². The van der Waals surface area contributed by atoms with Gasteiger partial charge in [0.2, 0.25) is 0 Å². The molecule has 2 aromatic rings. The van der Waals surface area contributed by atoms with E-state index in [-0.39, 0.29) is 17.3 Å². The molecule has 1 unspecified atom stereocenters. The zero-order valence-corrected chi connectivity index (χ0v) is 12.3. The Morgan fingerprint density at radius 3 is 2.00 bits per heavy atom. The molecule has 0 nitrogen and oxygen atoms in total. The second-order valence-corrected chi connectivity index (χ2v) is 5.40. The van der Waals surface area contributed by atoms with Crippen LogP contribution in [0.25, 0.3) is 0 Å². The van der Waals surface area contributed by atoms with E-state index in [4.69, 9.17) is 0 Å². The molecule has 0 saturated heterocycles. The molecule has 0 fully saturated rings. The van der Waals surface area contributed by atoms with E-state index < -0.39 is 11.6 Å². The van der Waals surface area contributed by atoms with Gasteiger partial charge < -0.3 is 0 Å². The summed E-state index contributed by atoms with van der Waals surface area (Å²) in [6.45, 7) is 0. The van der Waals surface area contributed by atoms with Gasteiger partial charge in [0, 0.05) is 10.9 Å². The molecule has 20 heavy (non-hydrogen) atoms. The Bertz CT molecular complexity index is 546. The Morgan fingerprint density at radius 2 is 1.45 bits per heavy atom. The minimum Gasteiger partial charge on any atom is -0.207 e. The lowest BCUT2D eigenvalue weighted by molar-refractivity contribution is 0.510. The van der Waals surface area contributed by atoms with Gasteiger partial charge in [-0.1, -0.05) is 34.1 Å². The Morgan fingerprint density at radius 1 is 0.850 bits per heavy atom. The highest BCUT2D eigenvalue weighted by Crippen LogP contribution is 2.21. The van der Waals surface area contributed by atoms with Crippen molar-refractivity contribution in [3.8, 4) is 0 Å². The third-order valence-electron chi connectivity index (χ3n) is 3.21. The molecule has 0 bridgehead atoms. The van der Waals surface area contributed by atoms with Crippen LogP contribution in [0.1, 0.15) is 11.1 Å². The predicted octanol–water partition coefficient (Wildman–Crippen LogP) is 4.90. The monoisotopic (exact) mass is 342 g/mol. The molecule has 2 aromatic carbocycles. The van der Waals surface area contributed by atoms with Gasteiger partial charge in [-0.25, -0.2) is 13.2 Å². The zero-order valence-electron chi connectivity index (χ0n) is 10.8. The number of alkyl halides is 1. The van der Waals surface area contributed by atoms with Crippen molar-refractivity contribution in [2.24, 2.45) is 5.92 Å². The summed E-state index contributed by atoms with van der Waals surface area (Å²) < 4.78 is 40.1. The van der Waals surface area contributed by atoms with Gasteiger partial charge >= 0.3 is 0 Å². The Balaban J connectivity index is 2.11. The van der Waals surface area contributed by atoms with E-state index in [0.29, 0.717) is 18.2 Å². The fraction of sp³-hybridized carbons (Fsp3) is 0.250. The molecule has 0 heterocycles. The van der Waals surface area contributed by atoms with Crippen molar-refractivity contribution in [3.05, 3.63) is 71.0 Å². The minimum absolute atomic E-state index is 0.0480. The van der Waals surface area contributed by atoms with Crippen LogP contribution >= 0.6 is 15.9 Å². The molecule has 2 rings (SSSR count). The minimum atomic E-state index is -0.518. The van der Waals surface area contributed by atoms with Crippen LogP contribution in [0.4, 0.5) is 13.2 Å². The zero-order chi connectivity index (χ0) is 14.5. The first-order chi connectivity index (χ1) is 9.60. The molecule has 0 saturated carbocycles. The average molecular weight is 343 g/mol. The van der Waals surface area contributed by atoms with Crippen LogP contribution in [0, 0.1) is 23.4 Å². The first-order valence-corrected chi connectivity index (χ1v) is 7.45. The van der Waals surface area contributed by atoms with E-state index in [2.05, 4.69) is 15.9 Å². The predicted molar refractivity (Wildman–Crippen MR) is 77.5 cm³/mol. The summed E-state index contributed by atoms with van der Waals surface area (Å²) in [5, 5.41) is 0.623. The van der Waals surface area contributed by atoms with Crippen molar-refractivity contribution in [2.45, 2.75) is 12.8 Å². The summed E-state index contributed by atoms with van der Waals surface area (Å²) in [6, 6.07) is 10.1. The maximum Gasteiger partial charge on any atom is 0.129 e. The molecule has 0 N–H and O–H groups in total.